The number of rotatable bonds is 4. The summed E-state index contributed by atoms with van der Waals surface area (Å²) in [5.74, 6) is -0.664. The molecule has 6 N–H and O–H groups in total. The van der Waals surface area contributed by atoms with Gasteiger partial charge in [-0.3, -0.25) is 0 Å². The molecule has 1 fully saturated rings. The molecular formula is C27H35Cl2FN6O2. The lowest BCUT2D eigenvalue weighted by Crippen LogP contribution is -2.15. The minimum atomic E-state index is -1.50. The molecule has 3 aromatic heterocycles. The van der Waals surface area contributed by atoms with E-state index in [1.165, 1.54) is 19.9 Å². The molecule has 1 saturated carbocycles. The zero-order valence-electron chi connectivity index (χ0n) is 22.0. The van der Waals surface area contributed by atoms with Crippen molar-refractivity contribution in [2.24, 2.45) is 5.92 Å². The van der Waals surface area contributed by atoms with E-state index in [-0.39, 0.29) is 21.9 Å². The second-order valence-corrected chi connectivity index (χ2v) is 10.4. The van der Waals surface area contributed by atoms with Gasteiger partial charge in [-0.1, -0.05) is 25.4 Å². The Morgan fingerprint density at radius 2 is 1.71 bits per heavy atom. The van der Waals surface area contributed by atoms with Crippen LogP contribution in [0.15, 0.2) is 30.5 Å². The first-order valence-electron chi connectivity index (χ1n) is 12.7. The Bertz CT molecular complexity index is 1400. The average Bonchev–Trinajstić information content (AvgIpc) is 3.46. The topological polar surface area (TPSA) is 136 Å². The number of nitrogens with two attached hydrogens (primary N) is 2. The van der Waals surface area contributed by atoms with Gasteiger partial charge in [-0.2, -0.15) is 4.98 Å². The van der Waals surface area contributed by atoms with E-state index in [0.29, 0.717) is 28.7 Å². The number of hydrogen-bond donors (Lipinski definition) is 4. The molecule has 5 rings (SSSR count). The zero-order chi connectivity index (χ0) is 28.2. The molecule has 2 unspecified atom stereocenters. The maximum absolute atomic E-state index is 14.5. The predicted molar refractivity (Wildman–Crippen MR) is 153 cm³/mol. The molecule has 0 spiro atoms. The van der Waals surface area contributed by atoms with Crippen molar-refractivity contribution in [2.75, 3.05) is 11.5 Å². The molecule has 1 aliphatic rings. The van der Waals surface area contributed by atoms with Gasteiger partial charge in [0.25, 0.3) is 0 Å². The maximum atomic E-state index is 14.5. The van der Waals surface area contributed by atoms with Crippen molar-refractivity contribution in [1.82, 2.24) is 19.5 Å². The number of halogens is 3. The van der Waals surface area contributed by atoms with Crippen molar-refractivity contribution >= 4 is 56.8 Å². The average molecular weight is 566 g/mol. The third-order valence-electron chi connectivity index (χ3n) is 6.25. The van der Waals surface area contributed by atoms with E-state index < -0.39 is 5.79 Å². The lowest BCUT2D eigenvalue weighted by Gasteiger charge is -2.15. The SMILES string of the molecule is CC.CC(C)(O)O.Nc1nc2cc(CCC3CCC(n4ccc5c(N)nc(Cl)nc54)C3)cc(F)c2cc1Cl. The van der Waals surface area contributed by atoms with Crippen molar-refractivity contribution in [3.63, 3.8) is 0 Å². The van der Waals surface area contributed by atoms with Crippen LogP contribution >= 0.6 is 23.2 Å². The third kappa shape index (κ3) is 7.44. The number of nitrogens with zero attached hydrogens (tertiary/aromatic N) is 4. The number of aryl methyl sites for hydroxylation is 1. The van der Waals surface area contributed by atoms with Gasteiger partial charge in [0, 0.05) is 17.6 Å². The zero-order valence-corrected chi connectivity index (χ0v) is 23.6. The summed E-state index contributed by atoms with van der Waals surface area (Å²) in [6.07, 6.45) is 6.96. The monoisotopic (exact) mass is 564 g/mol. The van der Waals surface area contributed by atoms with Crippen molar-refractivity contribution in [3.05, 3.63) is 52.1 Å². The first-order valence-corrected chi connectivity index (χ1v) is 13.4. The highest BCUT2D eigenvalue weighted by atomic mass is 35.5. The van der Waals surface area contributed by atoms with Gasteiger partial charge in [0.05, 0.1) is 15.9 Å². The Labute approximate surface area is 231 Å². The van der Waals surface area contributed by atoms with E-state index >= 15 is 0 Å². The number of hydrogen-bond acceptors (Lipinski definition) is 7. The van der Waals surface area contributed by atoms with Crippen LogP contribution < -0.4 is 11.5 Å². The lowest BCUT2D eigenvalue weighted by atomic mass is 9.97. The molecule has 206 valence electrons. The Kier molecular flexibility index (Phi) is 9.75. The molecule has 8 nitrogen and oxygen atoms in total. The van der Waals surface area contributed by atoms with Crippen molar-refractivity contribution < 1.29 is 14.6 Å². The Balaban J connectivity index is 0.000000515. The summed E-state index contributed by atoms with van der Waals surface area (Å²) >= 11 is 12.0. The summed E-state index contributed by atoms with van der Waals surface area (Å²) in [5, 5.41) is 17.8. The molecule has 0 amide bonds. The minimum Gasteiger partial charge on any atom is -0.383 e. The first-order chi connectivity index (χ1) is 17.9. The normalized spacial score (nSPS) is 17.2. The first kappa shape index (κ1) is 29.8. The van der Waals surface area contributed by atoms with Crippen LogP contribution in [0.4, 0.5) is 16.0 Å². The summed E-state index contributed by atoms with van der Waals surface area (Å²) in [4.78, 5) is 12.6. The van der Waals surface area contributed by atoms with Crippen molar-refractivity contribution in [1.29, 1.82) is 0 Å². The molecule has 4 aromatic rings. The van der Waals surface area contributed by atoms with Gasteiger partial charge in [0.15, 0.2) is 5.79 Å². The van der Waals surface area contributed by atoms with Gasteiger partial charge < -0.3 is 26.2 Å². The Hall–Kier alpha value is -2.72. The van der Waals surface area contributed by atoms with Gasteiger partial charge >= 0.3 is 0 Å². The number of aliphatic hydroxyl groups is 2. The number of fused-ring (bicyclic) bond motifs is 2. The lowest BCUT2D eigenvalue weighted by molar-refractivity contribution is -0.127. The largest absolute Gasteiger partial charge is 0.383 e. The van der Waals surface area contributed by atoms with Gasteiger partial charge in [-0.15, -0.1) is 0 Å². The van der Waals surface area contributed by atoms with E-state index in [1.54, 1.807) is 6.07 Å². The van der Waals surface area contributed by atoms with E-state index in [9.17, 15) is 4.39 Å². The molecule has 0 saturated heterocycles. The number of anilines is 2. The summed E-state index contributed by atoms with van der Waals surface area (Å²) in [6, 6.07) is 7.29. The molecule has 0 bridgehead atoms. The highest BCUT2D eigenvalue weighted by Crippen LogP contribution is 2.39. The molecule has 1 aromatic carbocycles. The molecular weight excluding hydrogens is 530 g/mol. The highest BCUT2D eigenvalue weighted by molar-refractivity contribution is 6.33. The quantitative estimate of drug-likeness (QED) is 0.168. The number of aromatic nitrogens is 4. The van der Waals surface area contributed by atoms with Crippen LogP contribution in [0.3, 0.4) is 0 Å². The fourth-order valence-electron chi connectivity index (χ4n) is 4.68. The van der Waals surface area contributed by atoms with E-state index in [1.807, 2.05) is 32.2 Å². The summed E-state index contributed by atoms with van der Waals surface area (Å²) in [6.45, 7) is 6.60. The second-order valence-electron chi connectivity index (χ2n) is 9.70. The van der Waals surface area contributed by atoms with Crippen LogP contribution in [-0.2, 0) is 6.42 Å². The van der Waals surface area contributed by atoms with Gasteiger partial charge in [0.2, 0.25) is 5.28 Å². The summed E-state index contributed by atoms with van der Waals surface area (Å²) in [5.41, 5.74) is 14.0. The molecule has 2 atom stereocenters. The molecule has 11 heteroatoms. The fraction of sp³-hybridized carbons (Fsp3) is 0.444. The summed E-state index contributed by atoms with van der Waals surface area (Å²) < 4.78 is 16.7. The predicted octanol–water partition coefficient (Wildman–Crippen LogP) is 6.30. The highest BCUT2D eigenvalue weighted by Gasteiger charge is 2.27. The van der Waals surface area contributed by atoms with E-state index in [2.05, 4.69) is 19.5 Å². The number of pyridine rings is 1. The van der Waals surface area contributed by atoms with Crippen LogP contribution in [0.1, 0.15) is 65.0 Å². The molecule has 0 aliphatic heterocycles. The fourth-order valence-corrected chi connectivity index (χ4v) is 5.00. The molecule has 1 aliphatic carbocycles. The van der Waals surface area contributed by atoms with Crippen LogP contribution in [0.2, 0.25) is 10.3 Å². The molecule has 3 heterocycles. The van der Waals surface area contributed by atoms with Gasteiger partial charge in [-0.25, -0.2) is 14.4 Å². The van der Waals surface area contributed by atoms with E-state index in [4.69, 9.17) is 44.9 Å². The van der Waals surface area contributed by atoms with Crippen LogP contribution in [0.5, 0.6) is 0 Å². The third-order valence-corrected chi connectivity index (χ3v) is 6.72. The molecule has 0 radical (unpaired) electrons. The van der Waals surface area contributed by atoms with Crippen molar-refractivity contribution in [2.45, 2.75) is 71.6 Å². The smallest absolute Gasteiger partial charge is 0.226 e. The Morgan fingerprint density at radius 1 is 1.03 bits per heavy atom. The molecule has 38 heavy (non-hydrogen) atoms. The van der Waals surface area contributed by atoms with E-state index in [0.717, 1.165) is 48.7 Å². The van der Waals surface area contributed by atoms with Crippen molar-refractivity contribution in [3.8, 4) is 0 Å². The standard InChI is InChI=1S/C22H21Cl2FN6.C3H8O2.C2H6/c23-16-10-15-17(25)8-12(9-18(15)28-20(16)27)2-1-11-3-4-13(7-11)31-6-5-14-19(26)29-22(24)30-21(14)31;1-3(2,4)5;1-2/h5-6,8-11,13H,1-4,7H2,(H2,27,28)(H2,26,29,30);4-5H,1-2H3;1-2H3. The second kappa shape index (κ2) is 12.4. The number of benzene rings is 1. The van der Waals surface area contributed by atoms with Crippen LogP contribution in [0.25, 0.3) is 21.9 Å². The van der Waals surface area contributed by atoms with Gasteiger partial charge in [-0.05, 0) is 93.3 Å². The van der Waals surface area contributed by atoms with Crippen LogP contribution in [0, 0.1) is 11.7 Å². The summed E-state index contributed by atoms with van der Waals surface area (Å²) in [7, 11) is 0. The van der Waals surface area contributed by atoms with Crippen LogP contribution in [-0.4, -0.2) is 35.5 Å². The maximum Gasteiger partial charge on any atom is 0.226 e. The number of nitrogen functional groups attached to an aromatic ring is 2. The van der Waals surface area contributed by atoms with Gasteiger partial charge in [0.1, 0.15) is 23.1 Å². The minimum absolute atomic E-state index is 0.161. The Morgan fingerprint density at radius 3 is 2.39 bits per heavy atom.